The quantitative estimate of drug-likeness (QED) is 0.774. The Labute approximate surface area is 149 Å². The molecule has 1 aromatic carbocycles. The number of hydrogen-bond donors (Lipinski definition) is 1. The Kier molecular flexibility index (Phi) is 4.19. The van der Waals surface area contributed by atoms with Gasteiger partial charge >= 0.3 is 0 Å². The number of furan rings is 1. The number of ether oxygens (including phenoxy) is 1. The molecule has 0 fully saturated rings. The lowest BCUT2D eigenvalue weighted by molar-refractivity contribution is 0.0998. The van der Waals surface area contributed by atoms with Gasteiger partial charge in [-0.15, -0.1) is 11.3 Å². The van der Waals surface area contributed by atoms with Crippen LogP contribution in [0, 0.1) is 0 Å². The number of likely N-dealkylation sites (N-methyl/N-ethyl adjacent to an activating group) is 1. The molecule has 1 N–H and O–H groups in total. The minimum Gasteiger partial charge on any atom is -0.490 e. The van der Waals surface area contributed by atoms with Gasteiger partial charge in [-0.25, -0.2) is 4.98 Å². The van der Waals surface area contributed by atoms with Crippen LogP contribution >= 0.6 is 11.3 Å². The number of nitrogens with one attached hydrogen (secondary N) is 1. The molecule has 0 radical (unpaired) electrons. The van der Waals surface area contributed by atoms with Crippen LogP contribution in [0.2, 0.25) is 0 Å². The zero-order valence-electron chi connectivity index (χ0n) is 14.2. The maximum atomic E-state index is 12.5. The first-order chi connectivity index (χ1) is 12.1. The van der Waals surface area contributed by atoms with E-state index < -0.39 is 0 Å². The van der Waals surface area contributed by atoms with Crippen LogP contribution in [0.5, 0.6) is 5.75 Å². The summed E-state index contributed by atoms with van der Waals surface area (Å²) in [6, 6.07) is 7.35. The number of rotatable bonds is 4. The molecule has 0 saturated heterocycles. The maximum absolute atomic E-state index is 12.5. The number of amides is 1. The number of aromatic nitrogens is 1. The third-order valence-corrected chi connectivity index (χ3v) is 5.17. The van der Waals surface area contributed by atoms with Crippen molar-refractivity contribution < 1.29 is 13.9 Å². The summed E-state index contributed by atoms with van der Waals surface area (Å²) in [4.78, 5) is 20.6. The SMILES string of the molecule is CCOc1cccc2cc(C(=O)Nc3nc4c(s3)CN(C)CC4)oc12. The number of anilines is 1. The molecular weight excluding hydrogens is 338 g/mol. The molecule has 3 aromatic rings. The summed E-state index contributed by atoms with van der Waals surface area (Å²) in [5.41, 5.74) is 1.68. The van der Waals surface area contributed by atoms with Crippen LogP contribution in [0.15, 0.2) is 28.7 Å². The molecule has 7 heteroatoms. The number of nitrogens with zero attached hydrogens (tertiary/aromatic N) is 2. The molecule has 0 aliphatic carbocycles. The van der Waals surface area contributed by atoms with Gasteiger partial charge in [0.05, 0.1) is 12.3 Å². The molecule has 0 atom stereocenters. The Balaban J connectivity index is 1.57. The second kappa shape index (κ2) is 6.50. The first-order valence-electron chi connectivity index (χ1n) is 8.28. The molecule has 4 rings (SSSR count). The summed E-state index contributed by atoms with van der Waals surface area (Å²) < 4.78 is 11.3. The summed E-state index contributed by atoms with van der Waals surface area (Å²) in [6.45, 7) is 4.33. The van der Waals surface area contributed by atoms with Crippen molar-refractivity contribution in [3.63, 3.8) is 0 Å². The van der Waals surface area contributed by atoms with E-state index in [1.54, 1.807) is 6.07 Å². The molecule has 130 valence electrons. The van der Waals surface area contributed by atoms with E-state index in [4.69, 9.17) is 9.15 Å². The van der Waals surface area contributed by atoms with Crippen molar-refractivity contribution in [3.05, 3.63) is 40.6 Å². The van der Waals surface area contributed by atoms with Crippen LogP contribution in [0.25, 0.3) is 11.0 Å². The van der Waals surface area contributed by atoms with E-state index in [1.165, 1.54) is 16.2 Å². The normalized spacial score (nSPS) is 14.5. The van der Waals surface area contributed by atoms with E-state index in [0.29, 0.717) is 23.1 Å². The minimum atomic E-state index is -0.293. The van der Waals surface area contributed by atoms with Gasteiger partial charge in [0, 0.05) is 29.8 Å². The van der Waals surface area contributed by atoms with Crippen molar-refractivity contribution >= 4 is 33.3 Å². The number of para-hydroxylation sites is 1. The number of carbonyl (C=O) groups is 1. The lowest BCUT2D eigenvalue weighted by Gasteiger charge is -2.20. The largest absolute Gasteiger partial charge is 0.490 e. The Morgan fingerprint density at radius 2 is 2.36 bits per heavy atom. The highest BCUT2D eigenvalue weighted by molar-refractivity contribution is 7.15. The number of thiazole rings is 1. The highest BCUT2D eigenvalue weighted by atomic mass is 32.1. The van der Waals surface area contributed by atoms with Crippen LogP contribution in [-0.2, 0) is 13.0 Å². The highest BCUT2D eigenvalue weighted by Gasteiger charge is 2.21. The predicted octanol–water partition coefficient (Wildman–Crippen LogP) is 3.53. The van der Waals surface area contributed by atoms with Crippen LogP contribution in [0.3, 0.4) is 0 Å². The zero-order chi connectivity index (χ0) is 17.4. The molecule has 0 spiro atoms. The van der Waals surface area contributed by atoms with Crippen molar-refractivity contribution in [2.24, 2.45) is 0 Å². The van der Waals surface area contributed by atoms with Crippen LogP contribution in [0.4, 0.5) is 5.13 Å². The van der Waals surface area contributed by atoms with E-state index in [1.807, 2.05) is 25.1 Å². The third-order valence-electron chi connectivity index (χ3n) is 4.17. The molecule has 0 bridgehead atoms. The molecule has 1 aliphatic heterocycles. The molecule has 3 heterocycles. The van der Waals surface area contributed by atoms with Crippen LogP contribution in [0.1, 0.15) is 28.0 Å². The van der Waals surface area contributed by atoms with Gasteiger partial charge in [0.1, 0.15) is 0 Å². The Bertz CT molecular complexity index is 931. The zero-order valence-corrected chi connectivity index (χ0v) is 15.0. The van der Waals surface area contributed by atoms with E-state index in [2.05, 4.69) is 22.2 Å². The first kappa shape index (κ1) is 16.1. The highest BCUT2D eigenvalue weighted by Crippen LogP contribution is 2.31. The molecular formula is C18H19N3O3S. The van der Waals surface area contributed by atoms with Gasteiger partial charge in [0.15, 0.2) is 22.2 Å². The molecule has 6 nitrogen and oxygen atoms in total. The molecule has 1 aliphatic rings. The van der Waals surface area contributed by atoms with Gasteiger partial charge in [-0.05, 0) is 26.1 Å². The summed E-state index contributed by atoms with van der Waals surface area (Å²) >= 11 is 1.53. The van der Waals surface area contributed by atoms with Gasteiger partial charge in [0.2, 0.25) is 0 Å². The van der Waals surface area contributed by atoms with Crippen LogP contribution in [-0.4, -0.2) is 36.0 Å². The minimum absolute atomic E-state index is 0.257. The lowest BCUT2D eigenvalue weighted by atomic mass is 10.2. The first-order valence-corrected chi connectivity index (χ1v) is 9.09. The topological polar surface area (TPSA) is 67.6 Å². The smallest absolute Gasteiger partial charge is 0.293 e. The molecule has 2 aromatic heterocycles. The Morgan fingerprint density at radius 3 is 3.20 bits per heavy atom. The van der Waals surface area contributed by atoms with Crippen molar-refractivity contribution in [2.45, 2.75) is 19.9 Å². The second-order valence-electron chi connectivity index (χ2n) is 6.05. The maximum Gasteiger partial charge on any atom is 0.293 e. The van der Waals surface area contributed by atoms with Gasteiger partial charge in [-0.2, -0.15) is 0 Å². The fourth-order valence-corrected chi connectivity index (χ4v) is 4.04. The monoisotopic (exact) mass is 357 g/mol. The standard InChI is InChI=1S/C18H19N3O3S/c1-3-23-13-6-4-5-11-9-14(24-16(11)13)17(22)20-18-19-12-7-8-21(2)10-15(12)25-18/h4-6,9H,3,7-8,10H2,1-2H3,(H,19,20,22). The van der Waals surface area contributed by atoms with Gasteiger partial charge in [0.25, 0.3) is 5.91 Å². The summed E-state index contributed by atoms with van der Waals surface area (Å²) in [7, 11) is 2.09. The van der Waals surface area contributed by atoms with Crippen molar-refractivity contribution in [3.8, 4) is 5.75 Å². The lowest BCUT2D eigenvalue weighted by Crippen LogP contribution is -2.25. The summed E-state index contributed by atoms with van der Waals surface area (Å²) in [6.07, 6.45) is 0.917. The van der Waals surface area contributed by atoms with Gasteiger partial charge in [-0.1, -0.05) is 12.1 Å². The Hall–Kier alpha value is -2.38. The van der Waals surface area contributed by atoms with Crippen LogP contribution < -0.4 is 10.1 Å². The number of fused-ring (bicyclic) bond motifs is 2. The summed E-state index contributed by atoms with van der Waals surface area (Å²) in [5, 5.41) is 4.32. The number of benzene rings is 1. The third kappa shape index (κ3) is 3.12. The van der Waals surface area contributed by atoms with E-state index in [9.17, 15) is 4.79 Å². The van der Waals surface area contributed by atoms with Crippen molar-refractivity contribution in [2.75, 3.05) is 25.5 Å². The average Bonchev–Trinajstić information content (AvgIpc) is 3.18. The second-order valence-corrected chi connectivity index (χ2v) is 7.13. The molecule has 1 amide bonds. The fraction of sp³-hybridized carbons (Fsp3) is 0.333. The van der Waals surface area contributed by atoms with E-state index in [-0.39, 0.29) is 11.7 Å². The van der Waals surface area contributed by atoms with E-state index >= 15 is 0 Å². The fourth-order valence-electron chi connectivity index (χ4n) is 2.95. The number of hydrogen-bond acceptors (Lipinski definition) is 6. The predicted molar refractivity (Wildman–Crippen MR) is 97.5 cm³/mol. The molecule has 0 unspecified atom stereocenters. The molecule has 0 saturated carbocycles. The van der Waals surface area contributed by atoms with Gasteiger partial charge < -0.3 is 14.1 Å². The van der Waals surface area contributed by atoms with E-state index in [0.717, 1.165) is 30.6 Å². The Morgan fingerprint density at radius 1 is 1.48 bits per heavy atom. The van der Waals surface area contributed by atoms with Gasteiger partial charge in [-0.3, -0.25) is 10.1 Å². The van der Waals surface area contributed by atoms with Crippen molar-refractivity contribution in [1.82, 2.24) is 9.88 Å². The van der Waals surface area contributed by atoms with Crippen molar-refractivity contribution in [1.29, 1.82) is 0 Å². The number of carbonyl (C=O) groups excluding carboxylic acids is 1. The summed E-state index contributed by atoms with van der Waals surface area (Å²) in [5.74, 6) is 0.609. The average molecular weight is 357 g/mol. The molecule has 25 heavy (non-hydrogen) atoms.